The van der Waals surface area contributed by atoms with Gasteiger partial charge in [0, 0.05) is 31.4 Å². The molecule has 2 heterocycles. The highest BCUT2D eigenvalue weighted by molar-refractivity contribution is 7.99. The number of piperidine rings is 1. The summed E-state index contributed by atoms with van der Waals surface area (Å²) in [5, 5.41) is 7.04. The van der Waals surface area contributed by atoms with Gasteiger partial charge in [0.05, 0.1) is 16.9 Å². The van der Waals surface area contributed by atoms with E-state index in [1.54, 1.807) is 16.7 Å². The Morgan fingerprint density at radius 2 is 1.69 bits per heavy atom. The molecule has 0 radical (unpaired) electrons. The third-order valence-electron chi connectivity index (χ3n) is 8.87. The summed E-state index contributed by atoms with van der Waals surface area (Å²) in [6.45, 7) is 13.0. The number of thiocarbonyl (C=S) groups is 1. The molecule has 42 heavy (non-hydrogen) atoms. The minimum atomic E-state index is -0.613. The van der Waals surface area contributed by atoms with E-state index >= 15 is 0 Å². The van der Waals surface area contributed by atoms with E-state index in [-0.39, 0.29) is 23.4 Å². The second-order valence-corrected chi connectivity index (χ2v) is 15.6. The minimum absolute atomic E-state index is 0.144. The van der Waals surface area contributed by atoms with E-state index in [0.717, 1.165) is 43.9 Å². The summed E-state index contributed by atoms with van der Waals surface area (Å²) in [5.74, 6) is 1.51. The Bertz CT molecular complexity index is 1050. The summed E-state index contributed by atoms with van der Waals surface area (Å²) in [5.41, 5.74) is 0.508. The number of nitrogens with zero attached hydrogens (tertiary/aromatic N) is 2. The van der Waals surface area contributed by atoms with Crippen molar-refractivity contribution in [3.63, 3.8) is 0 Å². The molecule has 2 atom stereocenters. The largest absolute Gasteiger partial charge is 0.444 e. The number of thioether (sulfide) groups is 1. The van der Waals surface area contributed by atoms with Crippen LogP contribution in [0.25, 0.3) is 0 Å². The number of hydrogen-bond donors (Lipinski definition) is 2. The zero-order valence-corrected chi connectivity index (χ0v) is 28.0. The molecular weight excluding hydrogens is 565 g/mol. The van der Waals surface area contributed by atoms with Crippen LogP contribution in [0, 0.1) is 11.3 Å². The van der Waals surface area contributed by atoms with E-state index in [1.807, 2.05) is 20.8 Å². The maximum Gasteiger partial charge on any atom is 0.411 e. The van der Waals surface area contributed by atoms with Crippen LogP contribution in [0.4, 0.5) is 4.79 Å². The van der Waals surface area contributed by atoms with Gasteiger partial charge in [0.1, 0.15) is 11.6 Å². The zero-order chi connectivity index (χ0) is 30.3. The molecule has 0 spiro atoms. The van der Waals surface area contributed by atoms with Crippen molar-refractivity contribution >= 4 is 41.0 Å². The molecule has 3 aliphatic rings. The highest BCUT2D eigenvalue weighted by Crippen LogP contribution is 2.37. The molecule has 0 aromatic heterocycles. The molecule has 9 heteroatoms. The van der Waals surface area contributed by atoms with Gasteiger partial charge in [-0.15, -0.1) is 11.8 Å². The van der Waals surface area contributed by atoms with Crippen LogP contribution in [0.3, 0.4) is 0 Å². The number of rotatable bonds is 9. The van der Waals surface area contributed by atoms with E-state index < -0.39 is 17.7 Å². The van der Waals surface area contributed by atoms with E-state index in [4.69, 9.17) is 17.0 Å². The summed E-state index contributed by atoms with van der Waals surface area (Å²) < 4.78 is 5.62. The first kappa shape index (κ1) is 33.1. The van der Waals surface area contributed by atoms with Crippen molar-refractivity contribution in [3.05, 3.63) is 35.9 Å². The molecule has 0 bridgehead atoms. The third-order valence-corrected chi connectivity index (χ3v) is 10.2. The molecule has 1 aromatic rings. The molecular formula is C33H52N4O3S2. The summed E-state index contributed by atoms with van der Waals surface area (Å²) in [6.07, 6.45) is 8.99. The summed E-state index contributed by atoms with van der Waals surface area (Å²) >= 11 is 7.69. The lowest BCUT2D eigenvalue weighted by Crippen LogP contribution is -2.60. The van der Waals surface area contributed by atoms with Gasteiger partial charge in [-0.25, -0.2) is 4.79 Å². The SMILES string of the molecule is CC(C)(C)OC(=O)N1CSC[C@H]1C(=O)N[C@@H](C(=S)NC1CCN(Cc2ccccc2)CC1)C(C)(C)CC1CCCCC1. The van der Waals surface area contributed by atoms with Crippen LogP contribution in [0.5, 0.6) is 0 Å². The van der Waals surface area contributed by atoms with Gasteiger partial charge in [-0.05, 0) is 56.9 Å². The van der Waals surface area contributed by atoms with Gasteiger partial charge in [0.25, 0.3) is 0 Å². The quantitative estimate of drug-likeness (QED) is 0.313. The van der Waals surface area contributed by atoms with Gasteiger partial charge in [-0.3, -0.25) is 14.6 Å². The lowest BCUT2D eigenvalue weighted by atomic mass is 9.72. The number of carbonyl (C=O) groups is 2. The molecule has 3 fully saturated rings. The molecule has 7 nitrogen and oxygen atoms in total. The molecule has 0 unspecified atom stereocenters. The van der Waals surface area contributed by atoms with Crippen LogP contribution in [-0.2, 0) is 16.1 Å². The highest BCUT2D eigenvalue weighted by atomic mass is 32.2. The fraction of sp³-hybridized carbons (Fsp3) is 0.727. The first-order valence-corrected chi connectivity index (χ1v) is 17.4. The van der Waals surface area contributed by atoms with Crippen LogP contribution in [0.15, 0.2) is 30.3 Å². The average Bonchev–Trinajstić information content (AvgIpc) is 3.43. The number of nitrogens with one attached hydrogen (secondary N) is 2. The molecule has 234 valence electrons. The van der Waals surface area contributed by atoms with Crippen molar-refractivity contribution in [2.75, 3.05) is 24.7 Å². The fourth-order valence-electron chi connectivity index (χ4n) is 6.63. The maximum atomic E-state index is 13.8. The van der Waals surface area contributed by atoms with E-state index in [2.05, 4.69) is 59.7 Å². The lowest BCUT2D eigenvalue weighted by molar-refractivity contribution is -0.126. The topological polar surface area (TPSA) is 73.9 Å². The van der Waals surface area contributed by atoms with Gasteiger partial charge in [-0.1, -0.05) is 88.5 Å². The van der Waals surface area contributed by atoms with Crippen molar-refractivity contribution in [2.45, 2.75) is 116 Å². The predicted molar refractivity (Wildman–Crippen MR) is 177 cm³/mol. The van der Waals surface area contributed by atoms with E-state index in [9.17, 15) is 9.59 Å². The molecule has 2 aliphatic heterocycles. The number of carbonyl (C=O) groups excluding carboxylic acids is 2. The Labute approximate surface area is 263 Å². The molecule has 2 saturated heterocycles. The second-order valence-electron chi connectivity index (χ2n) is 14.1. The Hall–Kier alpha value is -1.84. The van der Waals surface area contributed by atoms with Crippen molar-refractivity contribution in [1.82, 2.24) is 20.4 Å². The maximum absolute atomic E-state index is 13.8. The standard InChI is InChI=1S/C33H52N4O3S2/c1-32(2,3)40-31(39)37-23-42-22-27(37)29(38)35-28(33(4,5)20-24-12-8-6-9-13-24)30(41)34-26-16-18-36(19-17-26)21-25-14-10-7-11-15-25/h7,10-11,14-15,24,26-28H,6,8-9,12-13,16-23H2,1-5H3,(H,34,41)(H,35,38)/t27-,28-/m0/s1. The van der Waals surface area contributed by atoms with Gasteiger partial charge in [0.15, 0.2) is 0 Å². The third kappa shape index (κ3) is 9.58. The Morgan fingerprint density at radius 3 is 2.33 bits per heavy atom. The summed E-state index contributed by atoms with van der Waals surface area (Å²) in [4.78, 5) is 31.5. The van der Waals surface area contributed by atoms with Crippen LogP contribution >= 0.6 is 24.0 Å². The Kier molecular flexibility index (Phi) is 11.6. The predicted octanol–water partition coefficient (Wildman–Crippen LogP) is 6.36. The Balaban J connectivity index is 1.41. The second kappa shape index (κ2) is 14.8. The molecule has 4 rings (SSSR count). The average molecular weight is 617 g/mol. The van der Waals surface area contributed by atoms with Crippen molar-refractivity contribution < 1.29 is 14.3 Å². The lowest BCUT2D eigenvalue weighted by Gasteiger charge is -2.41. The highest BCUT2D eigenvalue weighted by Gasteiger charge is 2.42. The number of likely N-dealkylation sites (tertiary alicyclic amines) is 1. The van der Waals surface area contributed by atoms with Gasteiger partial charge in [0.2, 0.25) is 5.91 Å². The van der Waals surface area contributed by atoms with Crippen LogP contribution in [0.1, 0.15) is 91.5 Å². The van der Waals surface area contributed by atoms with Gasteiger partial charge < -0.3 is 15.4 Å². The molecule has 1 aromatic carbocycles. The first-order valence-electron chi connectivity index (χ1n) is 15.9. The number of amides is 2. The zero-order valence-electron chi connectivity index (χ0n) is 26.3. The van der Waals surface area contributed by atoms with Crippen LogP contribution < -0.4 is 10.6 Å². The molecule has 1 aliphatic carbocycles. The summed E-state index contributed by atoms with van der Waals surface area (Å²) in [6, 6.07) is 10.0. The minimum Gasteiger partial charge on any atom is -0.444 e. The van der Waals surface area contributed by atoms with Gasteiger partial charge in [-0.2, -0.15) is 0 Å². The van der Waals surface area contributed by atoms with Crippen LogP contribution in [0.2, 0.25) is 0 Å². The number of benzene rings is 1. The van der Waals surface area contributed by atoms with Gasteiger partial charge >= 0.3 is 6.09 Å². The van der Waals surface area contributed by atoms with Crippen molar-refractivity contribution in [2.24, 2.45) is 11.3 Å². The molecule has 1 saturated carbocycles. The first-order chi connectivity index (χ1) is 19.9. The normalized spacial score (nSPS) is 22.0. The molecule has 2 amide bonds. The monoisotopic (exact) mass is 616 g/mol. The van der Waals surface area contributed by atoms with E-state index in [0.29, 0.717) is 17.5 Å². The number of ether oxygens (including phenoxy) is 1. The van der Waals surface area contributed by atoms with Crippen molar-refractivity contribution in [1.29, 1.82) is 0 Å². The summed E-state index contributed by atoms with van der Waals surface area (Å²) in [7, 11) is 0. The smallest absolute Gasteiger partial charge is 0.411 e. The Morgan fingerprint density at radius 1 is 1.02 bits per heavy atom. The fourth-order valence-corrected chi connectivity index (χ4v) is 8.32. The van der Waals surface area contributed by atoms with Crippen molar-refractivity contribution in [3.8, 4) is 0 Å². The number of hydrogen-bond acceptors (Lipinski definition) is 6. The van der Waals surface area contributed by atoms with E-state index in [1.165, 1.54) is 37.7 Å². The van der Waals surface area contributed by atoms with Crippen LogP contribution in [-0.4, -0.2) is 75.2 Å². The molecule has 2 N–H and O–H groups in total.